The first-order valence-electron chi connectivity index (χ1n) is 4.61. The molecule has 1 aromatic rings. The van der Waals surface area contributed by atoms with E-state index in [-0.39, 0.29) is 11.8 Å². The molecule has 7 heteroatoms. The van der Waals surface area contributed by atoms with Crippen molar-refractivity contribution >= 4 is 26.5 Å². The zero-order valence-electron chi connectivity index (χ0n) is 8.94. The van der Waals surface area contributed by atoms with Gasteiger partial charge in [0.2, 0.25) is 10.0 Å². The maximum atomic E-state index is 11.3. The van der Waals surface area contributed by atoms with Gasteiger partial charge in [-0.25, -0.2) is 13.4 Å². The van der Waals surface area contributed by atoms with Crippen molar-refractivity contribution in [3.05, 3.63) is 11.1 Å². The molecule has 0 saturated carbocycles. The van der Waals surface area contributed by atoms with Crippen molar-refractivity contribution in [1.82, 2.24) is 10.3 Å². The molecule has 86 valence electrons. The predicted molar refractivity (Wildman–Crippen MR) is 62.7 cm³/mol. The van der Waals surface area contributed by atoms with Crippen LogP contribution in [0.15, 0.2) is 5.38 Å². The molecule has 1 atom stereocenters. The van der Waals surface area contributed by atoms with Crippen molar-refractivity contribution in [3.63, 3.8) is 0 Å². The Morgan fingerprint density at radius 2 is 2.27 bits per heavy atom. The summed E-state index contributed by atoms with van der Waals surface area (Å²) in [5.41, 5.74) is 0.844. The molecule has 0 fully saturated rings. The lowest BCUT2D eigenvalue weighted by Crippen LogP contribution is -2.15. The summed E-state index contributed by atoms with van der Waals surface area (Å²) in [6.45, 7) is 3.56. The number of sulfonamides is 1. The second kappa shape index (κ2) is 4.91. The standard InChI is InChI=1S/C8H15N3O2S2/c1-4-15(12,13)11-8-10-7(5-14-8)6(2)9-3/h5-6,9H,4H2,1-3H3,(H,10,11). The average molecular weight is 249 g/mol. The van der Waals surface area contributed by atoms with Gasteiger partial charge in [0.25, 0.3) is 0 Å². The summed E-state index contributed by atoms with van der Waals surface area (Å²) in [5, 5.41) is 5.31. The molecule has 1 heterocycles. The SMILES string of the molecule is CCS(=O)(=O)Nc1nc(C(C)NC)cs1. The first kappa shape index (κ1) is 12.4. The molecule has 1 aromatic heterocycles. The minimum atomic E-state index is -3.21. The molecule has 0 spiro atoms. The van der Waals surface area contributed by atoms with Crippen molar-refractivity contribution in [2.24, 2.45) is 0 Å². The molecule has 0 aliphatic heterocycles. The third-order valence-corrected chi connectivity index (χ3v) is 4.19. The molecule has 1 unspecified atom stereocenters. The molecule has 0 amide bonds. The summed E-state index contributed by atoms with van der Waals surface area (Å²) in [6, 6.07) is 0.126. The fourth-order valence-corrected chi connectivity index (χ4v) is 2.56. The Hall–Kier alpha value is -0.660. The maximum Gasteiger partial charge on any atom is 0.234 e. The molecule has 0 bridgehead atoms. The fraction of sp³-hybridized carbons (Fsp3) is 0.625. The Morgan fingerprint density at radius 3 is 2.80 bits per heavy atom. The van der Waals surface area contributed by atoms with Gasteiger partial charge in [0, 0.05) is 11.4 Å². The number of hydrogen-bond acceptors (Lipinski definition) is 5. The zero-order chi connectivity index (χ0) is 11.5. The van der Waals surface area contributed by atoms with Gasteiger partial charge in [-0.05, 0) is 20.9 Å². The Kier molecular flexibility index (Phi) is 4.06. The van der Waals surface area contributed by atoms with Crippen molar-refractivity contribution in [2.75, 3.05) is 17.5 Å². The molecular formula is C8H15N3O2S2. The molecule has 2 N–H and O–H groups in total. The minimum Gasteiger partial charge on any atom is -0.312 e. The maximum absolute atomic E-state index is 11.3. The number of rotatable bonds is 5. The van der Waals surface area contributed by atoms with Crippen molar-refractivity contribution in [2.45, 2.75) is 19.9 Å². The lowest BCUT2D eigenvalue weighted by Gasteiger charge is -2.05. The number of hydrogen-bond donors (Lipinski definition) is 2. The fourth-order valence-electron chi connectivity index (χ4n) is 0.885. The van der Waals surface area contributed by atoms with Crippen LogP contribution in [0.5, 0.6) is 0 Å². The van der Waals surface area contributed by atoms with Crippen LogP contribution < -0.4 is 10.0 Å². The monoisotopic (exact) mass is 249 g/mol. The van der Waals surface area contributed by atoms with Crippen LogP contribution in [-0.2, 0) is 10.0 Å². The van der Waals surface area contributed by atoms with E-state index in [2.05, 4.69) is 15.0 Å². The second-order valence-corrected chi connectivity index (χ2v) is 5.96. The topological polar surface area (TPSA) is 71.1 Å². The Bertz CT molecular complexity index is 413. The molecule has 1 rings (SSSR count). The Labute approximate surface area is 94.0 Å². The molecule has 15 heavy (non-hydrogen) atoms. The third-order valence-electron chi connectivity index (χ3n) is 2.02. The lowest BCUT2D eigenvalue weighted by atomic mass is 10.3. The van der Waals surface area contributed by atoms with Crippen LogP contribution in [0.25, 0.3) is 0 Å². The van der Waals surface area contributed by atoms with Gasteiger partial charge in [0.15, 0.2) is 5.13 Å². The van der Waals surface area contributed by atoms with E-state index in [1.165, 1.54) is 11.3 Å². The van der Waals surface area contributed by atoms with Crippen LogP contribution in [0.1, 0.15) is 25.6 Å². The van der Waals surface area contributed by atoms with Crippen LogP contribution in [0, 0.1) is 0 Å². The largest absolute Gasteiger partial charge is 0.312 e. The van der Waals surface area contributed by atoms with Gasteiger partial charge in [0.1, 0.15) is 0 Å². The van der Waals surface area contributed by atoms with Crippen LogP contribution in [0.3, 0.4) is 0 Å². The van der Waals surface area contributed by atoms with E-state index in [9.17, 15) is 8.42 Å². The lowest BCUT2D eigenvalue weighted by molar-refractivity contribution is 0.602. The summed E-state index contributed by atoms with van der Waals surface area (Å²) < 4.78 is 24.9. The van der Waals surface area contributed by atoms with E-state index in [0.717, 1.165) is 5.69 Å². The van der Waals surface area contributed by atoms with E-state index in [1.54, 1.807) is 6.92 Å². The molecule has 0 aliphatic carbocycles. The first-order valence-corrected chi connectivity index (χ1v) is 7.15. The van der Waals surface area contributed by atoms with Crippen molar-refractivity contribution in [3.8, 4) is 0 Å². The second-order valence-electron chi connectivity index (χ2n) is 3.09. The van der Waals surface area contributed by atoms with E-state index < -0.39 is 10.0 Å². The van der Waals surface area contributed by atoms with Crippen molar-refractivity contribution in [1.29, 1.82) is 0 Å². The number of nitrogens with one attached hydrogen (secondary N) is 2. The van der Waals surface area contributed by atoms with E-state index in [0.29, 0.717) is 5.13 Å². The molecular weight excluding hydrogens is 234 g/mol. The molecule has 0 aromatic carbocycles. The van der Waals surface area contributed by atoms with Gasteiger partial charge < -0.3 is 5.32 Å². The summed E-state index contributed by atoms with van der Waals surface area (Å²) in [7, 11) is -1.38. The summed E-state index contributed by atoms with van der Waals surface area (Å²) in [6.07, 6.45) is 0. The number of aromatic nitrogens is 1. The first-order chi connectivity index (χ1) is 6.98. The number of nitrogens with zero attached hydrogens (tertiary/aromatic N) is 1. The smallest absolute Gasteiger partial charge is 0.234 e. The highest BCUT2D eigenvalue weighted by atomic mass is 32.2. The van der Waals surface area contributed by atoms with Gasteiger partial charge in [-0.1, -0.05) is 0 Å². The highest BCUT2D eigenvalue weighted by Gasteiger charge is 2.12. The Balaban J connectivity index is 2.77. The highest BCUT2D eigenvalue weighted by Crippen LogP contribution is 2.20. The van der Waals surface area contributed by atoms with Crippen LogP contribution >= 0.6 is 11.3 Å². The van der Waals surface area contributed by atoms with Gasteiger partial charge in [-0.2, -0.15) is 0 Å². The van der Waals surface area contributed by atoms with E-state index in [4.69, 9.17) is 0 Å². The van der Waals surface area contributed by atoms with Crippen LogP contribution in [0.2, 0.25) is 0 Å². The summed E-state index contributed by atoms with van der Waals surface area (Å²) in [4.78, 5) is 4.18. The summed E-state index contributed by atoms with van der Waals surface area (Å²) in [5.74, 6) is 0.0590. The molecule has 5 nitrogen and oxygen atoms in total. The number of thiazole rings is 1. The van der Waals surface area contributed by atoms with Crippen LogP contribution in [0.4, 0.5) is 5.13 Å². The number of anilines is 1. The normalized spacial score (nSPS) is 13.8. The molecule has 0 aliphatic rings. The van der Waals surface area contributed by atoms with Crippen LogP contribution in [-0.4, -0.2) is 26.2 Å². The van der Waals surface area contributed by atoms with E-state index in [1.807, 2.05) is 19.4 Å². The highest BCUT2D eigenvalue weighted by molar-refractivity contribution is 7.92. The quantitative estimate of drug-likeness (QED) is 0.822. The molecule has 0 radical (unpaired) electrons. The van der Waals surface area contributed by atoms with Gasteiger partial charge >= 0.3 is 0 Å². The third kappa shape index (κ3) is 3.44. The summed E-state index contributed by atoms with van der Waals surface area (Å²) >= 11 is 1.29. The zero-order valence-corrected chi connectivity index (χ0v) is 10.6. The van der Waals surface area contributed by atoms with E-state index >= 15 is 0 Å². The van der Waals surface area contributed by atoms with Crippen molar-refractivity contribution < 1.29 is 8.42 Å². The average Bonchev–Trinajstić information content (AvgIpc) is 2.64. The van der Waals surface area contributed by atoms with Gasteiger partial charge in [0.05, 0.1) is 11.4 Å². The predicted octanol–water partition coefficient (Wildman–Crippen LogP) is 1.19. The minimum absolute atomic E-state index is 0.0590. The molecule has 0 saturated heterocycles. The Morgan fingerprint density at radius 1 is 1.60 bits per heavy atom. The van der Waals surface area contributed by atoms with Gasteiger partial charge in [-0.15, -0.1) is 11.3 Å². The van der Waals surface area contributed by atoms with Gasteiger partial charge in [-0.3, -0.25) is 4.72 Å².